The van der Waals surface area contributed by atoms with E-state index in [-0.39, 0.29) is 11.7 Å². The Morgan fingerprint density at radius 2 is 1.68 bits per heavy atom. The molecule has 3 aromatic rings. The van der Waals surface area contributed by atoms with Gasteiger partial charge in [-0.05, 0) is 36.8 Å². The molecule has 4 rings (SSSR count). The molecule has 2 heterocycles. The fourth-order valence-electron chi connectivity index (χ4n) is 3.57. The molecule has 0 bridgehead atoms. The van der Waals surface area contributed by atoms with Crippen molar-refractivity contribution in [2.75, 3.05) is 46.6 Å². The summed E-state index contributed by atoms with van der Waals surface area (Å²) in [6, 6.07) is 12.4. The minimum absolute atomic E-state index is 0.128. The van der Waals surface area contributed by atoms with Gasteiger partial charge in [-0.3, -0.25) is 4.79 Å². The maximum absolute atomic E-state index is 14.1. The number of hydrogen-bond donors (Lipinski definition) is 2. The lowest BCUT2D eigenvalue weighted by Crippen LogP contribution is -2.47. The highest BCUT2D eigenvalue weighted by Gasteiger charge is 2.21. The number of anilines is 5. The smallest absolute Gasteiger partial charge is 0.232 e. The van der Waals surface area contributed by atoms with Crippen LogP contribution in [-0.4, -0.2) is 47.0 Å². The molecule has 1 fully saturated rings. The number of aromatic nitrogens is 3. The highest BCUT2D eigenvalue weighted by atomic mass is 19.1. The Hall–Kier alpha value is -3.75. The van der Waals surface area contributed by atoms with Gasteiger partial charge in [0.25, 0.3) is 0 Å². The molecular formula is C22H24FN7O. The zero-order chi connectivity index (χ0) is 21.8. The second-order valence-corrected chi connectivity index (χ2v) is 7.32. The Morgan fingerprint density at radius 1 is 0.968 bits per heavy atom. The average molecular weight is 421 g/mol. The lowest BCUT2D eigenvalue weighted by Gasteiger charge is -2.36. The van der Waals surface area contributed by atoms with Crippen molar-refractivity contribution >= 4 is 34.9 Å². The van der Waals surface area contributed by atoms with Crippen LogP contribution >= 0.6 is 0 Å². The van der Waals surface area contributed by atoms with Crippen LogP contribution in [0.25, 0.3) is 0 Å². The number of rotatable bonds is 5. The third-order valence-corrected chi connectivity index (χ3v) is 5.21. The number of halogens is 1. The molecule has 0 spiro atoms. The van der Waals surface area contributed by atoms with Gasteiger partial charge in [0, 0.05) is 44.5 Å². The zero-order valence-corrected chi connectivity index (χ0v) is 17.5. The Bertz CT molecular complexity index is 1080. The van der Waals surface area contributed by atoms with Gasteiger partial charge in [0.2, 0.25) is 17.8 Å². The van der Waals surface area contributed by atoms with Crippen molar-refractivity contribution in [3.63, 3.8) is 0 Å². The van der Waals surface area contributed by atoms with E-state index < -0.39 is 0 Å². The fourth-order valence-corrected chi connectivity index (χ4v) is 3.57. The molecular weight excluding hydrogens is 397 g/mol. The van der Waals surface area contributed by atoms with E-state index in [4.69, 9.17) is 0 Å². The largest absolute Gasteiger partial charge is 0.366 e. The van der Waals surface area contributed by atoms with E-state index in [0.29, 0.717) is 43.8 Å². The minimum atomic E-state index is -0.209. The molecule has 1 saturated heterocycles. The minimum Gasteiger partial charge on any atom is -0.366 e. The summed E-state index contributed by atoms with van der Waals surface area (Å²) in [5.41, 5.74) is 3.04. The molecule has 9 heteroatoms. The van der Waals surface area contributed by atoms with E-state index in [1.807, 2.05) is 36.1 Å². The third-order valence-electron chi connectivity index (χ3n) is 5.21. The SMILES string of the molecule is CC(=O)Nc1cccc(Nc2ncnc(N3CCN(c4ccccc4F)CC3)n2)c1C. The van der Waals surface area contributed by atoms with Crippen molar-refractivity contribution < 1.29 is 9.18 Å². The molecule has 0 unspecified atom stereocenters. The van der Waals surface area contributed by atoms with Crippen molar-refractivity contribution in [2.24, 2.45) is 0 Å². The topological polar surface area (TPSA) is 86.3 Å². The van der Waals surface area contributed by atoms with Crippen LogP contribution in [0, 0.1) is 12.7 Å². The maximum Gasteiger partial charge on any atom is 0.232 e. The standard InChI is InChI=1S/C22H24FN7O/c1-15-18(26-16(2)31)7-5-8-19(15)27-21-24-14-25-22(28-21)30-12-10-29(11-13-30)20-9-4-3-6-17(20)23/h3-9,14H,10-13H2,1-2H3,(H,26,31)(H,24,25,27,28). The normalized spacial score (nSPS) is 13.8. The number of hydrogen-bond acceptors (Lipinski definition) is 7. The Labute approximate surface area is 180 Å². The van der Waals surface area contributed by atoms with Gasteiger partial charge in [-0.1, -0.05) is 18.2 Å². The van der Waals surface area contributed by atoms with Crippen LogP contribution in [0.2, 0.25) is 0 Å². The van der Waals surface area contributed by atoms with Gasteiger partial charge in [-0.2, -0.15) is 4.98 Å². The van der Waals surface area contributed by atoms with E-state index in [2.05, 4.69) is 30.5 Å². The van der Waals surface area contributed by atoms with Gasteiger partial charge < -0.3 is 20.4 Å². The van der Waals surface area contributed by atoms with Crippen LogP contribution < -0.4 is 20.4 Å². The monoisotopic (exact) mass is 421 g/mol. The number of nitrogens with one attached hydrogen (secondary N) is 2. The summed E-state index contributed by atoms with van der Waals surface area (Å²) in [6.45, 7) is 6.09. The van der Waals surface area contributed by atoms with E-state index >= 15 is 0 Å². The van der Waals surface area contributed by atoms with Gasteiger partial charge in [0.15, 0.2) is 0 Å². The molecule has 1 amide bonds. The van der Waals surface area contributed by atoms with Crippen LogP contribution in [0.5, 0.6) is 0 Å². The fraction of sp³-hybridized carbons (Fsp3) is 0.273. The summed E-state index contributed by atoms with van der Waals surface area (Å²) in [5, 5.41) is 6.02. The zero-order valence-electron chi connectivity index (χ0n) is 17.5. The summed E-state index contributed by atoms with van der Waals surface area (Å²) in [4.78, 5) is 28.6. The molecule has 1 aromatic heterocycles. The summed E-state index contributed by atoms with van der Waals surface area (Å²) < 4.78 is 14.1. The second-order valence-electron chi connectivity index (χ2n) is 7.32. The molecule has 2 N–H and O–H groups in total. The maximum atomic E-state index is 14.1. The third kappa shape index (κ3) is 4.71. The summed E-state index contributed by atoms with van der Waals surface area (Å²) in [7, 11) is 0. The van der Waals surface area contributed by atoms with E-state index in [1.165, 1.54) is 19.3 Å². The molecule has 160 valence electrons. The van der Waals surface area contributed by atoms with Crippen LogP contribution in [0.15, 0.2) is 48.8 Å². The first kappa shape index (κ1) is 20.5. The predicted molar refractivity (Wildman–Crippen MR) is 119 cm³/mol. The summed E-state index contributed by atoms with van der Waals surface area (Å²) >= 11 is 0. The van der Waals surface area contributed by atoms with E-state index in [1.54, 1.807) is 12.1 Å². The van der Waals surface area contributed by atoms with E-state index in [0.717, 1.165) is 16.9 Å². The Kier molecular flexibility index (Phi) is 5.92. The van der Waals surface area contributed by atoms with Crippen molar-refractivity contribution in [3.8, 4) is 0 Å². The van der Waals surface area contributed by atoms with Crippen molar-refractivity contribution in [2.45, 2.75) is 13.8 Å². The molecule has 0 aliphatic carbocycles. The average Bonchev–Trinajstić information content (AvgIpc) is 2.77. The van der Waals surface area contributed by atoms with Crippen LogP contribution in [0.4, 0.5) is 33.3 Å². The number of piperazine rings is 1. The van der Waals surface area contributed by atoms with Crippen molar-refractivity contribution in [1.29, 1.82) is 0 Å². The Morgan fingerprint density at radius 3 is 2.42 bits per heavy atom. The van der Waals surface area contributed by atoms with Gasteiger partial charge in [0.1, 0.15) is 12.1 Å². The number of benzene rings is 2. The van der Waals surface area contributed by atoms with Crippen LogP contribution in [-0.2, 0) is 4.79 Å². The van der Waals surface area contributed by atoms with Crippen molar-refractivity contribution in [1.82, 2.24) is 15.0 Å². The van der Waals surface area contributed by atoms with Crippen LogP contribution in [0.3, 0.4) is 0 Å². The molecule has 0 radical (unpaired) electrons. The molecule has 1 aliphatic heterocycles. The highest BCUT2D eigenvalue weighted by Crippen LogP contribution is 2.26. The number of carbonyl (C=O) groups excluding carboxylic acids is 1. The highest BCUT2D eigenvalue weighted by molar-refractivity contribution is 5.90. The first-order valence-electron chi connectivity index (χ1n) is 10.1. The van der Waals surface area contributed by atoms with Crippen LogP contribution in [0.1, 0.15) is 12.5 Å². The lowest BCUT2D eigenvalue weighted by molar-refractivity contribution is -0.114. The quantitative estimate of drug-likeness (QED) is 0.653. The number of amides is 1. The first-order valence-corrected chi connectivity index (χ1v) is 10.1. The Balaban J connectivity index is 1.45. The molecule has 31 heavy (non-hydrogen) atoms. The predicted octanol–water partition coefficient (Wildman–Crippen LogP) is 3.35. The van der Waals surface area contributed by atoms with E-state index in [9.17, 15) is 9.18 Å². The van der Waals surface area contributed by atoms with Gasteiger partial charge in [-0.15, -0.1) is 0 Å². The molecule has 0 atom stereocenters. The molecule has 2 aromatic carbocycles. The molecule has 0 saturated carbocycles. The van der Waals surface area contributed by atoms with Crippen molar-refractivity contribution in [3.05, 3.63) is 60.2 Å². The summed E-state index contributed by atoms with van der Waals surface area (Å²) in [6.07, 6.45) is 1.47. The lowest BCUT2D eigenvalue weighted by atomic mass is 10.1. The number of nitrogens with zero attached hydrogens (tertiary/aromatic N) is 5. The molecule has 8 nitrogen and oxygen atoms in total. The molecule has 1 aliphatic rings. The second kappa shape index (κ2) is 8.95. The van der Waals surface area contributed by atoms with Gasteiger partial charge in [0.05, 0.1) is 5.69 Å². The number of para-hydroxylation sites is 1. The summed E-state index contributed by atoms with van der Waals surface area (Å²) in [5.74, 6) is 0.655. The van der Waals surface area contributed by atoms with Gasteiger partial charge in [-0.25, -0.2) is 14.4 Å². The number of carbonyl (C=O) groups is 1. The van der Waals surface area contributed by atoms with Gasteiger partial charge >= 0.3 is 0 Å². The first-order chi connectivity index (χ1) is 15.0.